The maximum absolute atomic E-state index is 11.5. The summed E-state index contributed by atoms with van der Waals surface area (Å²) in [7, 11) is 0. The second-order valence-corrected chi connectivity index (χ2v) is 3.75. The zero-order chi connectivity index (χ0) is 9.68. The van der Waals surface area contributed by atoms with Crippen molar-refractivity contribution in [3.8, 4) is 0 Å². The largest absolute Gasteiger partial charge is 0.515 e. The Morgan fingerprint density at radius 1 is 1.54 bits per heavy atom. The molecular weight excluding hydrogens is 164 g/mol. The minimum atomic E-state index is 0.179. The van der Waals surface area contributed by atoms with Crippen LogP contribution < -0.4 is 0 Å². The lowest BCUT2D eigenvalue weighted by Gasteiger charge is -2.05. The molecule has 0 aliphatic heterocycles. The topological polar surface area (TPSA) is 37.3 Å². The second kappa shape index (κ2) is 5.05. The van der Waals surface area contributed by atoms with E-state index >= 15 is 0 Å². The van der Waals surface area contributed by atoms with Crippen molar-refractivity contribution in [1.29, 1.82) is 0 Å². The van der Waals surface area contributed by atoms with Crippen molar-refractivity contribution < 1.29 is 9.90 Å². The van der Waals surface area contributed by atoms with Crippen LogP contribution in [0.25, 0.3) is 0 Å². The van der Waals surface area contributed by atoms with Gasteiger partial charge in [0.2, 0.25) is 0 Å². The molecule has 0 amide bonds. The third-order valence-electron chi connectivity index (χ3n) is 2.76. The number of Topliss-reactive ketones (excluding diaryl/α,β-unsaturated/α-hetero) is 1. The molecule has 2 nitrogen and oxygen atoms in total. The van der Waals surface area contributed by atoms with Crippen LogP contribution in [0, 0.1) is 5.92 Å². The van der Waals surface area contributed by atoms with Crippen LogP contribution in [0.3, 0.4) is 0 Å². The molecule has 1 fully saturated rings. The molecule has 0 saturated heterocycles. The summed E-state index contributed by atoms with van der Waals surface area (Å²) in [4.78, 5) is 11.5. The fourth-order valence-electron chi connectivity index (χ4n) is 1.89. The van der Waals surface area contributed by atoms with Crippen molar-refractivity contribution in [2.45, 2.75) is 45.4 Å². The highest BCUT2D eigenvalue weighted by molar-refractivity contribution is 5.98. The number of allylic oxidation sites excluding steroid dienone is 1. The van der Waals surface area contributed by atoms with E-state index < -0.39 is 0 Å². The minimum Gasteiger partial charge on any atom is -0.515 e. The van der Waals surface area contributed by atoms with Gasteiger partial charge in [0.25, 0.3) is 0 Å². The van der Waals surface area contributed by atoms with Crippen molar-refractivity contribution in [2.75, 3.05) is 0 Å². The average molecular weight is 182 g/mol. The maximum Gasteiger partial charge on any atom is 0.164 e. The molecule has 2 heteroatoms. The third kappa shape index (κ3) is 2.58. The number of carbonyl (C=O) groups is 1. The zero-order valence-corrected chi connectivity index (χ0v) is 8.25. The summed E-state index contributed by atoms with van der Waals surface area (Å²) in [5, 5.41) is 8.74. The molecule has 13 heavy (non-hydrogen) atoms. The first kappa shape index (κ1) is 10.3. The first-order valence-corrected chi connectivity index (χ1v) is 5.17. The van der Waals surface area contributed by atoms with Crippen molar-refractivity contribution in [3.05, 3.63) is 11.8 Å². The Labute approximate surface area is 79.6 Å². The standard InChI is InChI=1S/C11H18O2/c1-2-3-4-5-9-6-7-10(8-12)11(9)13/h8-9,12H,2-7H2,1H3/b10-8-. The molecular formula is C11H18O2. The van der Waals surface area contributed by atoms with Crippen molar-refractivity contribution in [2.24, 2.45) is 5.92 Å². The third-order valence-corrected chi connectivity index (χ3v) is 2.76. The summed E-state index contributed by atoms with van der Waals surface area (Å²) >= 11 is 0. The normalized spacial score (nSPS) is 25.8. The first-order valence-electron chi connectivity index (χ1n) is 5.17. The van der Waals surface area contributed by atoms with Crippen LogP contribution in [0.1, 0.15) is 45.4 Å². The summed E-state index contributed by atoms with van der Waals surface area (Å²) in [6.07, 6.45) is 7.25. The molecule has 1 N–H and O–H groups in total. The van der Waals surface area contributed by atoms with Crippen molar-refractivity contribution in [3.63, 3.8) is 0 Å². The van der Waals surface area contributed by atoms with Gasteiger partial charge in [0.1, 0.15) is 0 Å². The van der Waals surface area contributed by atoms with Gasteiger partial charge >= 0.3 is 0 Å². The molecule has 0 radical (unpaired) electrons. The highest BCUT2D eigenvalue weighted by Gasteiger charge is 2.28. The van der Waals surface area contributed by atoms with E-state index in [1.165, 1.54) is 12.8 Å². The van der Waals surface area contributed by atoms with Crippen LogP contribution in [0.4, 0.5) is 0 Å². The Hall–Kier alpha value is -0.790. The van der Waals surface area contributed by atoms with E-state index in [1.807, 2.05) is 0 Å². The monoisotopic (exact) mass is 182 g/mol. The predicted octanol–water partition coefficient (Wildman–Crippen LogP) is 2.99. The van der Waals surface area contributed by atoms with Crippen LogP contribution >= 0.6 is 0 Å². The number of rotatable bonds is 4. The fraction of sp³-hybridized carbons (Fsp3) is 0.727. The Balaban J connectivity index is 2.33. The first-order chi connectivity index (χ1) is 6.29. The van der Waals surface area contributed by atoms with E-state index in [0.29, 0.717) is 5.57 Å². The number of aliphatic hydroxyl groups excluding tert-OH is 1. The highest BCUT2D eigenvalue weighted by Crippen LogP contribution is 2.30. The van der Waals surface area contributed by atoms with Gasteiger partial charge in [-0.05, 0) is 19.3 Å². The lowest BCUT2D eigenvalue weighted by Crippen LogP contribution is -2.07. The molecule has 74 valence electrons. The number of aliphatic hydroxyl groups is 1. The molecule has 0 aromatic heterocycles. The summed E-state index contributed by atoms with van der Waals surface area (Å²) in [6, 6.07) is 0. The molecule has 1 aliphatic rings. The van der Waals surface area contributed by atoms with Crippen LogP contribution in [-0.2, 0) is 4.79 Å². The number of carbonyl (C=O) groups excluding carboxylic acids is 1. The van der Waals surface area contributed by atoms with E-state index in [1.54, 1.807) is 0 Å². The molecule has 1 saturated carbocycles. The van der Waals surface area contributed by atoms with Gasteiger partial charge in [0.15, 0.2) is 5.78 Å². The molecule has 0 heterocycles. The van der Waals surface area contributed by atoms with Gasteiger partial charge in [0, 0.05) is 11.5 Å². The number of unbranched alkanes of at least 4 members (excludes halogenated alkanes) is 2. The molecule has 0 aromatic rings. The Morgan fingerprint density at radius 3 is 2.85 bits per heavy atom. The molecule has 0 bridgehead atoms. The van der Waals surface area contributed by atoms with Gasteiger partial charge < -0.3 is 5.11 Å². The second-order valence-electron chi connectivity index (χ2n) is 3.75. The van der Waals surface area contributed by atoms with Gasteiger partial charge in [-0.25, -0.2) is 0 Å². The number of hydrogen-bond donors (Lipinski definition) is 1. The van der Waals surface area contributed by atoms with Gasteiger partial charge in [0.05, 0.1) is 6.26 Å². The molecule has 0 spiro atoms. The van der Waals surface area contributed by atoms with Crippen LogP contribution in [0.15, 0.2) is 11.8 Å². The fourth-order valence-corrected chi connectivity index (χ4v) is 1.89. The summed E-state index contributed by atoms with van der Waals surface area (Å²) in [5.41, 5.74) is 0.626. The van der Waals surface area contributed by atoms with Gasteiger partial charge in [-0.1, -0.05) is 26.2 Å². The van der Waals surface area contributed by atoms with Crippen molar-refractivity contribution in [1.82, 2.24) is 0 Å². The molecule has 1 rings (SSSR count). The number of ketones is 1. The quantitative estimate of drug-likeness (QED) is 0.412. The zero-order valence-electron chi connectivity index (χ0n) is 8.25. The van der Waals surface area contributed by atoms with E-state index in [4.69, 9.17) is 5.11 Å². The van der Waals surface area contributed by atoms with Crippen molar-refractivity contribution >= 4 is 5.78 Å². The lowest BCUT2D eigenvalue weighted by atomic mass is 9.99. The summed E-state index contributed by atoms with van der Waals surface area (Å²) in [5.74, 6) is 0.378. The molecule has 1 aliphatic carbocycles. The molecule has 1 unspecified atom stereocenters. The molecule has 1 atom stereocenters. The van der Waals surface area contributed by atoms with Gasteiger partial charge in [-0.3, -0.25) is 4.79 Å². The Bertz CT molecular complexity index is 206. The summed E-state index contributed by atoms with van der Waals surface area (Å²) < 4.78 is 0. The smallest absolute Gasteiger partial charge is 0.164 e. The summed E-state index contributed by atoms with van der Waals surface area (Å²) in [6.45, 7) is 2.16. The minimum absolute atomic E-state index is 0.179. The van der Waals surface area contributed by atoms with Crippen LogP contribution in [0.5, 0.6) is 0 Å². The van der Waals surface area contributed by atoms with Gasteiger partial charge in [-0.15, -0.1) is 0 Å². The Morgan fingerprint density at radius 2 is 2.31 bits per heavy atom. The van der Waals surface area contributed by atoms with E-state index in [0.717, 1.165) is 31.9 Å². The maximum atomic E-state index is 11.5. The predicted molar refractivity (Wildman–Crippen MR) is 52.6 cm³/mol. The highest BCUT2D eigenvalue weighted by atomic mass is 16.2. The average Bonchev–Trinajstić information content (AvgIpc) is 2.48. The van der Waals surface area contributed by atoms with E-state index in [2.05, 4.69) is 6.92 Å². The van der Waals surface area contributed by atoms with Crippen LogP contribution in [0.2, 0.25) is 0 Å². The van der Waals surface area contributed by atoms with E-state index in [-0.39, 0.29) is 11.7 Å². The Kier molecular flexibility index (Phi) is 4.00. The lowest BCUT2D eigenvalue weighted by molar-refractivity contribution is -0.118. The molecule has 0 aromatic carbocycles. The number of hydrogen-bond acceptors (Lipinski definition) is 2. The SMILES string of the molecule is CCCCCC1CC/C(=C/O)C1=O. The van der Waals surface area contributed by atoms with Gasteiger partial charge in [-0.2, -0.15) is 0 Å². The van der Waals surface area contributed by atoms with Crippen LogP contribution in [-0.4, -0.2) is 10.9 Å². The van der Waals surface area contributed by atoms with E-state index in [9.17, 15) is 4.79 Å².